The summed E-state index contributed by atoms with van der Waals surface area (Å²) in [6.07, 6.45) is -4.57. The molecule has 0 unspecified atom stereocenters. The van der Waals surface area contributed by atoms with E-state index in [9.17, 15) is 18.0 Å². The molecule has 1 aromatic heterocycles. The number of benzene rings is 2. The zero-order chi connectivity index (χ0) is 18.2. The van der Waals surface area contributed by atoms with Gasteiger partial charge in [-0.1, -0.05) is 23.2 Å². The van der Waals surface area contributed by atoms with Crippen LogP contribution in [0.3, 0.4) is 0 Å². The Morgan fingerprint density at radius 1 is 1.00 bits per heavy atom. The number of hydrogen-bond acceptors (Lipinski definition) is 2. The first-order chi connectivity index (χ1) is 11.7. The van der Waals surface area contributed by atoms with E-state index in [1.54, 1.807) is 6.07 Å². The molecule has 0 saturated heterocycles. The number of H-pyrrole nitrogens is 1. The van der Waals surface area contributed by atoms with E-state index in [4.69, 9.17) is 23.2 Å². The van der Waals surface area contributed by atoms with Crippen molar-refractivity contribution >= 4 is 51.6 Å². The van der Waals surface area contributed by atoms with Crippen LogP contribution >= 0.6 is 23.2 Å². The van der Waals surface area contributed by atoms with E-state index in [0.717, 1.165) is 0 Å². The van der Waals surface area contributed by atoms with Gasteiger partial charge in [-0.15, -0.1) is 0 Å². The second kappa shape index (κ2) is 6.45. The molecule has 5 nitrogen and oxygen atoms in total. The Hall–Kier alpha value is -2.45. The molecule has 10 heteroatoms. The summed E-state index contributed by atoms with van der Waals surface area (Å²) in [5.41, 5.74) is 0.999. The number of hydrogen-bond donors (Lipinski definition) is 3. The second-order valence-electron chi connectivity index (χ2n) is 5.02. The van der Waals surface area contributed by atoms with Gasteiger partial charge in [-0.05, 0) is 36.4 Å². The van der Waals surface area contributed by atoms with Gasteiger partial charge in [-0.25, -0.2) is 9.78 Å². The molecule has 0 aliphatic carbocycles. The average Bonchev–Trinajstić information content (AvgIpc) is 2.94. The van der Waals surface area contributed by atoms with Crippen molar-refractivity contribution in [2.75, 3.05) is 10.6 Å². The first kappa shape index (κ1) is 17.4. The molecule has 0 atom stereocenters. The average molecular weight is 389 g/mol. The van der Waals surface area contributed by atoms with Gasteiger partial charge in [0.15, 0.2) is 0 Å². The highest BCUT2D eigenvalue weighted by Crippen LogP contribution is 2.29. The number of carbonyl (C=O) groups is 1. The number of urea groups is 1. The molecule has 3 aromatic rings. The second-order valence-corrected chi connectivity index (χ2v) is 5.84. The lowest BCUT2D eigenvalue weighted by Gasteiger charge is -2.08. The summed E-state index contributed by atoms with van der Waals surface area (Å²) < 4.78 is 37.9. The lowest BCUT2D eigenvalue weighted by atomic mass is 10.3. The van der Waals surface area contributed by atoms with Gasteiger partial charge in [0, 0.05) is 11.4 Å². The molecule has 1 heterocycles. The van der Waals surface area contributed by atoms with Crippen molar-refractivity contribution in [1.29, 1.82) is 0 Å². The summed E-state index contributed by atoms with van der Waals surface area (Å²) in [7, 11) is 0. The molecule has 3 rings (SSSR count). The smallest absolute Gasteiger partial charge is 0.334 e. The van der Waals surface area contributed by atoms with E-state index in [1.807, 2.05) is 0 Å². The Balaban J connectivity index is 1.75. The van der Waals surface area contributed by atoms with Gasteiger partial charge in [0.05, 0.1) is 21.1 Å². The molecular formula is C15H9Cl2F3N4O. The number of rotatable bonds is 2. The minimum Gasteiger partial charge on any atom is -0.334 e. The number of fused-ring (bicyclic) bond motifs is 1. The molecule has 0 spiro atoms. The summed E-state index contributed by atoms with van der Waals surface area (Å²) in [4.78, 5) is 17.6. The molecular weight excluding hydrogens is 380 g/mol. The molecule has 0 saturated carbocycles. The molecule has 130 valence electrons. The molecule has 2 amide bonds. The van der Waals surface area contributed by atoms with E-state index in [2.05, 4.69) is 20.6 Å². The minimum atomic E-state index is -4.57. The van der Waals surface area contributed by atoms with Crippen LogP contribution in [0.1, 0.15) is 5.82 Å². The van der Waals surface area contributed by atoms with Crippen LogP contribution in [0, 0.1) is 0 Å². The summed E-state index contributed by atoms with van der Waals surface area (Å²) in [5, 5.41) is 5.67. The Bertz CT molecular complexity index is 956. The van der Waals surface area contributed by atoms with E-state index in [0.29, 0.717) is 16.4 Å². The van der Waals surface area contributed by atoms with Crippen LogP contribution in [0.25, 0.3) is 11.0 Å². The van der Waals surface area contributed by atoms with Crippen molar-refractivity contribution in [2.45, 2.75) is 6.18 Å². The Labute approximate surface area is 149 Å². The number of aromatic nitrogens is 2. The first-order valence-corrected chi connectivity index (χ1v) is 7.58. The fourth-order valence-corrected chi connectivity index (χ4v) is 2.39. The van der Waals surface area contributed by atoms with Gasteiger partial charge in [0.25, 0.3) is 0 Å². The van der Waals surface area contributed by atoms with E-state index in [-0.39, 0.29) is 16.1 Å². The molecule has 2 aromatic carbocycles. The molecule has 25 heavy (non-hydrogen) atoms. The van der Waals surface area contributed by atoms with Gasteiger partial charge in [0.1, 0.15) is 0 Å². The maximum atomic E-state index is 12.6. The highest BCUT2D eigenvalue weighted by Gasteiger charge is 2.34. The predicted octanol–water partition coefficient (Wildman–Crippen LogP) is 5.53. The van der Waals surface area contributed by atoms with E-state index >= 15 is 0 Å². The molecule has 0 aliphatic heterocycles. The van der Waals surface area contributed by atoms with Gasteiger partial charge < -0.3 is 15.6 Å². The van der Waals surface area contributed by atoms with Crippen molar-refractivity contribution in [3.05, 3.63) is 52.3 Å². The number of aromatic amines is 1. The number of amides is 2. The Morgan fingerprint density at radius 2 is 1.64 bits per heavy atom. The van der Waals surface area contributed by atoms with Crippen molar-refractivity contribution in [1.82, 2.24) is 9.97 Å². The molecule has 0 fully saturated rings. The summed E-state index contributed by atoms with van der Waals surface area (Å²) in [5.74, 6) is -1.10. The van der Waals surface area contributed by atoms with Crippen molar-refractivity contribution < 1.29 is 18.0 Å². The number of imidazole rings is 1. The third-order valence-corrected chi connectivity index (χ3v) is 3.92. The van der Waals surface area contributed by atoms with Crippen molar-refractivity contribution in [2.24, 2.45) is 0 Å². The Kier molecular flexibility index (Phi) is 4.49. The topological polar surface area (TPSA) is 69.8 Å². The van der Waals surface area contributed by atoms with Gasteiger partial charge in [-0.3, -0.25) is 0 Å². The summed E-state index contributed by atoms with van der Waals surface area (Å²) in [6, 6.07) is 8.13. The molecule has 0 aliphatic rings. The standard InChI is InChI=1S/C15H9Cl2F3N4O/c16-9-3-1-7(5-10(9)17)21-14(25)22-8-2-4-11-12(6-8)24-13(23-11)15(18,19)20/h1-6H,(H,23,24)(H2,21,22,25). The largest absolute Gasteiger partial charge is 0.449 e. The number of alkyl halides is 3. The molecule has 3 N–H and O–H groups in total. The van der Waals surface area contributed by atoms with Crippen LogP contribution in [0.15, 0.2) is 36.4 Å². The number of nitrogens with one attached hydrogen (secondary N) is 3. The van der Waals surface area contributed by atoms with Crippen LogP contribution < -0.4 is 10.6 Å². The summed E-state index contributed by atoms with van der Waals surface area (Å²) in [6.45, 7) is 0. The number of anilines is 2. The van der Waals surface area contributed by atoms with E-state index in [1.165, 1.54) is 30.3 Å². The lowest BCUT2D eigenvalue weighted by molar-refractivity contribution is -0.144. The van der Waals surface area contributed by atoms with Crippen LogP contribution in [-0.4, -0.2) is 16.0 Å². The minimum absolute atomic E-state index is 0.141. The third-order valence-electron chi connectivity index (χ3n) is 3.19. The SMILES string of the molecule is O=C(Nc1ccc(Cl)c(Cl)c1)Nc1ccc2nc(C(F)(F)F)[nH]c2c1. The predicted molar refractivity (Wildman–Crippen MR) is 90.2 cm³/mol. The Morgan fingerprint density at radius 3 is 2.28 bits per heavy atom. The fourth-order valence-electron chi connectivity index (χ4n) is 2.09. The van der Waals surface area contributed by atoms with E-state index < -0.39 is 18.0 Å². The van der Waals surface area contributed by atoms with Crippen LogP contribution in [0.4, 0.5) is 29.3 Å². The number of halogens is 5. The lowest BCUT2D eigenvalue weighted by Crippen LogP contribution is -2.19. The van der Waals surface area contributed by atoms with Gasteiger partial charge >= 0.3 is 12.2 Å². The van der Waals surface area contributed by atoms with Crippen molar-refractivity contribution in [3.8, 4) is 0 Å². The number of nitrogens with zero attached hydrogens (tertiary/aromatic N) is 1. The fraction of sp³-hybridized carbons (Fsp3) is 0.0667. The molecule has 0 bridgehead atoms. The normalized spacial score (nSPS) is 11.6. The van der Waals surface area contributed by atoms with Crippen LogP contribution in [-0.2, 0) is 6.18 Å². The van der Waals surface area contributed by atoms with Crippen LogP contribution in [0.5, 0.6) is 0 Å². The highest BCUT2D eigenvalue weighted by molar-refractivity contribution is 6.42. The zero-order valence-corrected chi connectivity index (χ0v) is 13.7. The third kappa shape index (κ3) is 3.97. The zero-order valence-electron chi connectivity index (χ0n) is 12.2. The first-order valence-electron chi connectivity index (χ1n) is 6.82. The van der Waals surface area contributed by atoms with Gasteiger partial charge in [0.2, 0.25) is 5.82 Å². The molecule has 0 radical (unpaired) electrons. The monoisotopic (exact) mass is 388 g/mol. The number of carbonyl (C=O) groups excluding carboxylic acids is 1. The van der Waals surface area contributed by atoms with Crippen LogP contribution in [0.2, 0.25) is 10.0 Å². The van der Waals surface area contributed by atoms with Gasteiger partial charge in [-0.2, -0.15) is 13.2 Å². The highest BCUT2D eigenvalue weighted by atomic mass is 35.5. The summed E-state index contributed by atoms with van der Waals surface area (Å²) >= 11 is 11.6. The maximum Gasteiger partial charge on any atom is 0.449 e. The maximum absolute atomic E-state index is 12.6. The quantitative estimate of drug-likeness (QED) is 0.539. The van der Waals surface area contributed by atoms with Crippen molar-refractivity contribution in [3.63, 3.8) is 0 Å².